The van der Waals surface area contributed by atoms with E-state index in [1.807, 2.05) is 6.07 Å². The molecule has 0 aliphatic heterocycles. The van der Waals surface area contributed by atoms with E-state index in [1.54, 1.807) is 19.9 Å². The largest absolute Gasteiger partial charge is 0.319 e. The highest BCUT2D eigenvalue weighted by molar-refractivity contribution is 5.96. The van der Waals surface area contributed by atoms with Gasteiger partial charge in [-0.3, -0.25) is 14.9 Å². The molecule has 0 saturated heterocycles. The SMILES string of the molecule is CC(C)C(C#N)C(=O)Nc1ccc(C#N)cc1[N+](=O)[O-]. The van der Waals surface area contributed by atoms with Crippen LogP contribution in [0.5, 0.6) is 0 Å². The van der Waals surface area contributed by atoms with Crippen molar-refractivity contribution in [2.45, 2.75) is 13.8 Å². The molecule has 1 unspecified atom stereocenters. The molecule has 1 aromatic rings. The highest BCUT2D eigenvalue weighted by Crippen LogP contribution is 2.26. The van der Waals surface area contributed by atoms with Crippen molar-refractivity contribution in [2.75, 3.05) is 5.32 Å². The number of nitriles is 2. The van der Waals surface area contributed by atoms with Crippen LogP contribution >= 0.6 is 0 Å². The summed E-state index contributed by atoms with van der Waals surface area (Å²) in [6.07, 6.45) is 0. The summed E-state index contributed by atoms with van der Waals surface area (Å²) in [5.74, 6) is -1.71. The van der Waals surface area contributed by atoms with Crippen molar-refractivity contribution in [1.29, 1.82) is 10.5 Å². The number of nitro groups is 1. The molecule has 20 heavy (non-hydrogen) atoms. The molecule has 0 aromatic heterocycles. The maximum Gasteiger partial charge on any atom is 0.294 e. The van der Waals surface area contributed by atoms with Gasteiger partial charge in [-0.05, 0) is 18.1 Å². The van der Waals surface area contributed by atoms with Gasteiger partial charge in [0.1, 0.15) is 11.6 Å². The first-order valence-electron chi connectivity index (χ1n) is 5.79. The second kappa shape index (κ2) is 6.30. The van der Waals surface area contributed by atoms with Crippen LogP contribution < -0.4 is 5.32 Å². The number of amides is 1. The Hall–Kier alpha value is -2.93. The van der Waals surface area contributed by atoms with Gasteiger partial charge in [-0.2, -0.15) is 10.5 Å². The number of nitrogens with zero attached hydrogens (tertiary/aromatic N) is 3. The zero-order chi connectivity index (χ0) is 15.3. The number of nitro benzene ring substituents is 1. The van der Waals surface area contributed by atoms with Crippen LogP contribution in [0, 0.1) is 44.6 Å². The van der Waals surface area contributed by atoms with Crippen molar-refractivity contribution in [3.05, 3.63) is 33.9 Å². The Balaban J connectivity index is 3.10. The maximum absolute atomic E-state index is 11.9. The quantitative estimate of drug-likeness (QED) is 0.665. The van der Waals surface area contributed by atoms with Gasteiger partial charge in [0.15, 0.2) is 0 Å². The molecule has 0 fully saturated rings. The molecule has 0 heterocycles. The number of anilines is 1. The minimum absolute atomic E-state index is 0.0279. The maximum atomic E-state index is 11.9. The highest BCUT2D eigenvalue weighted by Gasteiger charge is 2.24. The van der Waals surface area contributed by atoms with Gasteiger partial charge in [-0.25, -0.2) is 0 Å². The normalized spacial score (nSPS) is 11.2. The molecule has 1 amide bonds. The van der Waals surface area contributed by atoms with E-state index in [2.05, 4.69) is 5.32 Å². The lowest BCUT2D eigenvalue weighted by Crippen LogP contribution is -2.26. The lowest BCUT2D eigenvalue weighted by atomic mass is 9.96. The summed E-state index contributed by atoms with van der Waals surface area (Å²) in [5.41, 5.74) is -0.284. The molecule has 1 rings (SSSR count). The van der Waals surface area contributed by atoms with Gasteiger partial charge in [0.05, 0.1) is 22.6 Å². The monoisotopic (exact) mass is 272 g/mol. The Morgan fingerprint density at radius 1 is 1.40 bits per heavy atom. The average molecular weight is 272 g/mol. The standard InChI is InChI=1S/C13H12N4O3/c1-8(2)10(7-15)13(18)16-11-4-3-9(6-14)5-12(11)17(19)20/h3-5,8,10H,1-2H3,(H,16,18). The molecule has 102 valence electrons. The summed E-state index contributed by atoms with van der Waals surface area (Å²) in [4.78, 5) is 22.1. The first-order chi connectivity index (χ1) is 9.40. The summed E-state index contributed by atoms with van der Waals surface area (Å²) in [6, 6.07) is 7.36. The van der Waals surface area contributed by atoms with Crippen LogP contribution in [0.3, 0.4) is 0 Å². The molecule has 7 nitrogen and oxygen atoms in total. The lowest BCUT2D eigenvalue weighted by Gasteiger charge is -2.13. The molecule has 7 heteroatoms. The van der Waals surface area contributed by atoms with E-state index in [9.17, 15) is 14.9 Å². The summed E-state index contributed by atoms with van der Waals surface area (Å²) in [5, 5.41) is 30.9. The molecule has 0 aliphatic carbocycles. The summed E-state index contributed by atoms with van der Waals surface area (Å²) in [7, 11) is 0. The molecule has 0 saturated carbocycles. The zero-order valence-corrected chi connectivity index (χ0v) is 11.0. The Labute approximate surface area is 115 Å². The number of nitrogens with one attached hydrogen (secondary N) is 1. The van der Waals surface area contributed by atoms with Gasteiger partial charge in [0.2, 0.25) is 5.91 Å². The van der Waals surface area contributed by atoms with E-state index >= 15 is 0 Å². The topological polar surface area (TPSA) is 120 Å². The number of carbonyl (C=O) groups is 1. The summed E-state index contributed by atoms with van der Waals surface area (Å²) < 4.78 is 0. The van der Waals surface area contributed by atoms with Crippen molar-refractivity contribution in [2.24, 2.45) is 11.8 Å². The first-order valence-corrected chi connectivity index (χ1v) is 5.79. The van der Waals surface area contributed by atoms with Crippen LogP contribution in [-0.4, -0.2) is 10.8 Å². The van der Waals surface area contributed by atoms with Gasteiger partial charge >= 0.3 is 0 Å². The minimum Gasteiger partial charge on any atom is -0.319 e. The van der Waals surface area contributed by atoms with Crippen molar-refractivity contribution >= 4 is 17.3 Å². The van der Waals surface area contributed by atoms with Gasteiger partial charge < -0.3 is 5.32 Å². The fourth-order valence-electron chi connectivity index (χ4n) is 1.58. The van der Waals surface area contributed by atoms with E-state index in [0.717, 1.165) is 6.07 Å². The third-order valence-corrected chi connectivity index (χ3v) is 2.67. The van der Waals surface area contributed by atoms with Crippen molar-refractivity contribution in [1.82, 2.24) is 0 Å². The summed E-state index contributed by atoms with van der Waals surface area (Å²) >= 11 is 0. The second-order valence-electron chi connectivity index (χ2n) is 4.44. The molecule has 1 N–H and O–H groups in total. The van der Waals surface area contributed by atoms with Crippen LogP contribution in [-0.2, 0) is 4.79 Å². The molecule has 1 aromatic carbocycles. The van der Waals surface area contributed by atoms with Crippen LogP contribution in [0.2, 0.25) is 0 Å². The van der Waals surface area contributed by atoms with Gasteiger partial charge in [-0.15, -0.1) is 0 Å². The Kier molecular flexibility index (Phi) is 4.76. The lowest BCUT2D eigenvalue weighted by molar-refractivity contribution is -0.384. The first kappa shape index (κ1) is 15.1. The zero-order valence-electron chi connectivity index (χ0n) is 11.0. The van der Waals surface area contributed by atoms with E-state index in [4.69, 9.17) is 10.5 Å². The fraction of sp³-hybridized carbons (Fsp3) is 0.308. The van der Waals surface area contributed by atoms with Crippen LogP contribution in [0.1, 0.15) is 19.4 Å². The van der Waals surface area contributed by atoms with Crippen LogP contribution in [0.15, 0.2) is 18.2 Å². The molecule has 0 spiro atoms. The van der Waals surface area contributed by atoms with Crippen molar-refractivity contribution in [3.63, 3.8) is 0 Å². The Morgan fingerprint density at radius 2 is 2.05 bits per heavy atom. The van der Waals surface area contributed by atoms with Crippen molar-refractivity contribution in [3.8, 4) is 12.1 Å². The number of benzene rings is 1. The number of rotatable bonds is 4. The predicted octanol–water partition coefficient (Wildman–Crippen LogP) is 2.20. The smallest absolute Gasteiger partial charge is 0.294 e. The highest BCUT2D eigenvalue weighted by atomic mass is 16.6. The number of hydrogen-bond acceptors (Lipinski definition) is 5. The van der Waals surface area contributed by atoms with Crippen molar-refractivity contribution < 1.29 is 9.72 Å². The molecular formula is C13H12N4O3. The fourth-order valence-corrected chi connectivity index (χ4v) is 1.58. The van der Waals surface area contributed by atoms with Gasteiger partial charge in [0.25, 0.3) is 5.69 Å². The Morgan fingerprint density at radius 3 is 2.50 bits per heavy atom. The molecule has 0 radical (unpaired) electrons. The van der Waals surface area contributed by atoms with E-state index in [0.29, 0.717) is 0 Å². The minimum atomic E-state index is -0.898. The van der Waals surface area contributed by atoms with Crippen LogP contribution in [0.25, 0.3) is 0 Å². The van der Waals surface area contributed by atoms with E-state index < -0.39 is 16.7 Å². The number of hydrogen-bond donors (Lipinski definition) is 1. The third-order valence-electron chi connectivity index (χ3n) is 2.67. The predicted molar refractivity (Wildman–Crippen MR) is 70.4 cm³/mol. The average Bonchev–Trinajstić information content (AvgIpc) is 2.39. The van der Waals surface area contributed by atoms with Gasteiger partial charge in [-0.1, -0.05) is 13.8 Å². The van der Waals surface area contributed by atoms with E-state index in [1.165, 1.54) is 12.1 Å². The third kappa shape index (κ3) is 3.30. The second-order valence-corrected chi connectivity index (χ2v) is 4.44. The molecular weight excluding hydrogens is 260 g/mol. The van der Waals surface area contributed by atoms with Gasteiger partial charge in [0, 0.05) is 6.07 Å². The van der Waals surface area contributed by atoms with E-state index in [-0.39, 0.29) is 22.9 Å². The molecule has 0 bridgehead atoms. The number of carbonyl (C=O) groups excluding carboxylic acids is 1. The summed E-state index contributed by atoms with van der Waals surface area (Å²) in [6.45, 7) is 3.42. The Bertz CT molecular complexity index is 625. The molecule has 1 atom stereocenters. The van der Waals surface area contributed by atoms with Crippen LogP contribution in [0.4, 0.5) is 11.4 Å². The molecule has 0 aliphatic rings.